The SMILES string of the molecule is Cc1ncsc1-c1ccc(CNC(=O)C2CCCN2C(=O)C(NC(=O)C2(C)CC2)C(C)(C)SC(C)C)cc1. The third-order valence-corrected chi connectivity index (χ3v) is 9.86. The van der Waals surface area contributed by atoms with E-state index in [2.05, 4.69) is 41.6 Å². The van der Waals surface area contributed by atoms with Crippen LogP contribution in [0.2, 0.25) is 0 Å². The van der Waals surface area contributed by atoms with Crippen molar-refractivity contribution in [3.63, 3.8) is 0 Å². The zero-order valence-electron chi connectivity index (χ0n) is 23.3. The first-order chi connectivity index (χ1) is 17.9. The molecular formula is C29H40N4O3S2. The Morgan fingerprint density at radius 1 is 1.21 bits per heavy atom. The Labute approximate surface area is 234 Å². The number of carbonyl (C=O) groups is 3. The van der Waals surface area contributed by atoms with E-state index in [0.717, 1.165) is 41.0 Å². The summed E-state index contributed by atoms with van der Waals surface area (Å²) in [5, 5.41) is 6.42. The van der Waals surface area contributed by atoms with Crippen LogP contribution in [0.5, 0.6) is 0 Å². The molecule has 4 rings (SSSR count). The molecule has 1 aliphatic heterocycles. The van der Waals surface area contributed by atoms with Gasteiger partial charge in [-0.3, -0.25) is 14.4 Å². The Bertz CT molecular complexity index is 1170. The predicted octanol–water partition coefficient (Wildman–Crippen LogP) is 4.93. The van der Waals surface area contributed by atoms with Crippen molar-refractivity contribution in [3.05, 3.63) is 41.0 Å². The lowest BCUT2D eigenvalue weighted by Crippen LogP contribution is -2.60. The molecule has 1 saturated carbocycles. The predicted molar refractivity (Wildman–Crippen MR) is 155 cm³/mol. The lowest BCUT2D eigenvalue weighted by Gasteiger charge is -2.38. The summed E-state index contributed by atoms with van der Waals surface area (Å²) in [5.41, 5.74) is 4.59. The van der Waals surface area contributed by atoms with Gasteiger partial charge in [0.1, 0.15) is 12.1 Å². The average Bonchev–Trinajstić information content (AvgIpc) is 3.24. The number of nitrogens with zero attached hydrogens (tertiary/aromatic N) is 2. The maximum absolute atomic E-state index is 13.9. The molecule has 0 bridgehead atoms. The highest BCUT2D eigenvalue weighted by Gasteiger charge is 2.49. The maximum atomic E-state index is 13.9. The Morgan fingerprint density at radius 3 is 2.47 bits per heavy atom. The fourth-order valence-corrected chi connectivity index (χ4v) is 7.38. The molecule has 1 aliphatic carbocycles. The van der Waals surface area contributed by atoms with Gasteiger partial charge in [0.2, 0.25) is 17.7 Å². The van der Waals surface area contributed by atoms with Gasteiger partial charge in [-0.2, -0.15) is 11.8 Å². The molecule has 0 spiro atoms. The van der Waals surface area contributed by atoms with Gasteiger partial charge in [0.15, 0.2) is 0 Å². The third kappa shape index (κ3) is 6.42. The van der Waals surface area contributed by atoms with Crippen molar-refractivity contribution in [3.8, 4) is 10.4 Å². The normalized spacial score (nSPS) is 19.3. The fourth-order valence-electron chi connectivity index (χ4n) is 5.06. The number of aryl methyl sites for hydroxylation is 1. The molecular weight excluding hydrogens is 516 g/mol. The molecule has 7 nitrogen and oxygen atoms in total. The number of thioether (sulfide) groups is 1. The quantitative estimate of drug-likeness (QED) is 0.433. The first-order valence-corrected chi connectivity index (χ1v) is 15.2. The molecule has 1 saturated heterocycles. The van der Waals surface area contributed by atoms with Crippen molar-refractivity contribution in [2.24, 2.45) is 5.41 Å². The highest BCUT2D eigenvalue weighted by molar-refractivity contribution is 8.01. The van der Waals surface area contributed by atoms with E-state index in [1.807, 2.05) is 45.3 Å². The number of thiazole rings is 1. The highest BCUT2D eigenvalue weighted by atomic mass is 32.2. The summed E-state index contributed by atoms with van der Waals surface area (Å²) in [4.78, 5) is 47.4. The van der Waals surface area contributed by atoms with E-state index in [4.69, 9.17) is 0 Å². The molecule has 2 fully saturated rings. The summed E-state index contributed by atoms with van der Waals surface area (Å²) >= 11 is 3.29. The Morgan fingerprint density at radius 2 is 1.89 bits per heavy atom. The smallest absolute Gasteiger partial charge is 0.247 e. The van der Waals surface area contributed by atoms with Crippen LogP contribution in [0.1, 0.15) is 71.6 Å². The molecule has 2 atom stereocenters. The van der Waals surface area contributed by atoms with Crippen molar-refractivity contribution >= 4 is 40.8 Å². The molecule has 1 aromatic carbocycles. The first kappa shape index (κ1) is 28.6. The average molecular weight is 557 g/mol. The minimum Gasteiger partial charge on any atom is -0.350 e. The number of benzene rings is 1. The summed E-state index contributed by atoms with van der Waals surface area (Å²) in [7, 11) is 0. The number of likely N-dealkylation sites (tertiary alicyclic amines) is 1. The maximum Gasteiger partial charge on any atom is 0.247 e. The van der Waals surface area contributed by atoms with E-state index in [0.29, 0.717) is 19.5 Å². The van der Waals surface area contributed by atoms with Gasteiger partial charge in [-0.25, -0.2) is 4.98 Å². The standard InChI is InChI=1S/C29H40N4O3S2/c1-18(2)38-28(4,5)24(32-27(36)29(6)13-14-29)26(35)33-15-7-8-22(33)25(34)30-16-20-9-11-21(12-10-20)23-19(3)31-17-37-23/h9-12,17-18,22,24H,7-8,13-16H2,1-6H3,(H,30,34)(H,32,36). The molecule has 9 heteroatoms. The molecule has 2 heterocycles. The number of rotatable bonds is 10. The Hall–Kier alpha value is -2.39. The van der Waals surface area contributed by atoms with Gasteiger partial charge in [-0.15, -0.1) is 11.3 Å². The van der Waals surface area contributed by atoms with Gasteiger partial charge in [0.05, 0.1) is 16.1 Å². The van der Waals surface area contributed by atoms with E-state index < -0.39 is 16.8 Å². The second kappa shape index (κ2) is 11.4. The van der Waals surface area contributed by atoms with Crippen LogP contribution < -0.4 is 10.6 Å². The number of amides is 3. The Kier molecular flexibility index (Phi) is 8.57. The first-order valence-electron chi connectivity index (χ1n) is 13.5. The lowest BCUT2D eigenvalue weighted by molar-refractivity contribution is -0.142. The number of hydrogen-bond acceptors (Lipinski definition) is 6. The molecule has 3 amide bonds. The largest absolute Gasteiger partial charge is 0.350 e. The van der Waals surface area contributed by atoms with Crippen LogP contribution in [0.15, 0.2) is 29.8 Å². The van der Waals surface area contributed by atoms with Crippen LogP contribution >= 0.6 is 23.1 Å². The molecule has 2 unspecified atom stereocenters. The molecule has 2 N–H and O–H groups in total. The van der Waals surface area contributed by atoms with E-state index in [9.17, 15) is 14.4 Å². The second-order valence-corrected chi connectivity index (χ2v) is 14.7. The molecule has 2 aliphatic rings. The summed E-state index contributed by atoms with van der Waals surface area (Å²) in [6, 6.07) is 6.91. The molecule has 0 radical (unpaired) electrons. The fraction of sp³-hybridized carbons (Fsp3) is 0.586. The summed E-state index contributed by atoms with van der Waals surface area (Å²) in [5.74, 6) is -0.375. The molecule has 206 valence electrons. The van der Waals surface area contributed by atoms with Crippen LogP contribution in [-0.2, 0) is 20.9 Å². The van der Waals surface area contributed by atoms with Gasteiger partial charge in [0, 0.05) is 23.3 Å². The summed E-state index contributed by atoms with van der Waals surface area (Å²) < 4.78 is -0.520. The second-order valence-electron chi connectivity index (χ2n) is 11.6. The number of hydrogen-bond donors (Lipinski definition) is 2. The van der Waals surface area contributed by atoms with Crippen LogP contribution in [0.25, 0.3) is 10.4 Å². The Balaban J connectivity index is 1.43. The minimum absolute atomic E-state index is 0.0644. The lowest BCUT2D eigenvalue weighted by atomic mass is 9.99. The van der Waals surface area contributed by atoms with E-state index in [1.54, 1.807) is 28.0 Å². The molecule has 1 aromatic heterocycles. The number of nitrogens with one attached hydrogen (secondary N) is 2. The zero-order valence-corrected chi connectivity index (χ0v) is 24.9. The number of carbonyl (C=O) groups excluding carboxylic acids is 3. The van der Waals surface area contributed by atoms with E-state index in [1.165, 1.54) is 0 Å². The summed E-state index contributed by atoms with van der Waals surface area (Å²) in [6.07, 6.45) is 3.08. The van der Waals surface area contributed by atoms with Gasteiger partial charge in [-0.1, -0.05) is 45.0 Å². The van der Waals surface area contributed by atoms with Crippen LogP contribution in [0.3, 0.4) is 0 Å². The van der Waals surface area contributed by atoms with Crippen molar-refractivity contribution in [1.82, 2.24) is 20.5 Å². The van der Waals surface area contributed by atoms with E-state index in [-0.39, 0.29) is 28.4 Å². The van der Waals surface area contributed by atoms with Gasteiger partial charge < -0.3 is 15.5 Å². The van der Waals surface area contributed by atoms with E-state index >= 15 is 0 Å². The van der Waals surface area contributed by atoms with Crippen molar-refractivity contribution in [2.75, 3.05) is 6.54 Å². The highest BCUT2D eigenvalue weighted by Crippen LogP contribution is 2.45. The van der Waals surface area contributed by atoms with Crippen molar-refractivity contribution < 1.29 is 14.4 Å². The number of aromatic nitrogens is 1. The van der Waals surface area contributed by atoms with Gasteiger partial charge in [-0.05, 0) is 62.8 Å². The van der Waals surface area contributed by atoms with Crippen molar-refractivity contribution in [2.45, 2.75) is 95.9 Å². The summed E-state index contributed by atoms with van der Waals surface area (Å²) in [6.45, 7) is 13.1. The van der Waals surface area contributed by atoms with Gasteiger partial charge in [0.25, 0.3) is 0 Å². The zero-order chi connectivity index (χ0) is 27.7. The molecule has 38 heavy (non-hydrogen) atoms. The molecule has 2 aromatic rings. The topological polar surface area (TPSA) is 91.4 Å². The van der Waals surface area contributed by atoms with Crippen LogP contribution in [-0.4, -0.2) is 56.2 Å². The van der Waals surface area contributed by atoms with Crippen molar-refractivity contribution in [1.29, 1.82) is 0 Å². The monoisotopic (exact) mass is 556 g/mol. The minimum atomic E-state index is -0.698. The van der Waals surface area contributed by atoms with Crippen LogP contribution in [0.4, 0.5) is 0 Å². The third-order valence-electron chi connectivity index (χ3n) is 7.57. The van der Waals surface area contributed by atoms with Crippen LogP contribution in [0, 0.1) is 12.3 Å². The van der Waals surface area contributed by atoms with Gasteiger partial charge >= 0.3 is 0 Å².